The van der Waals surface area contributed by atoms with Crippen LogP contribution >= 0.6 is 11.6 Å². The minimum absolute atomic E-state index is 0.0414. The number of hydrogen-bond donors (Lipinski definition) is 1. The Morgan fingerprint density at radius 1 is 1.08 bits per heavy atom. The van der Waals surface area contributed by atoms with Gasteiger partial charge >= 0.3 is 5.97 Å². The Kier molecular flexibility index (Phi) is 7.76. The molecule has 0 radical (unpaired) electrons. The number of nitrogens with zero attached hydrogens (tertiary/aromatic N) is 1. The summed E-state index contributed by atoms with van der Waals surface area (Å²) in [6.07, 6.45) is 2.88. The van der Waals surface area contributed by atoms with Crippen molar-refractivity contribution in [3.8, 4) is 22.5 Å². The maximum Gasteiger partial charge on any atom is 0.316 e. The molecule has 39 heavy (non-hydrogen) atoms. The molecule has 0 saturated heterocycles. The van der Waals surface area contributed by atoms with Gasteiger partial charge in [0.1, 0.15) is 17.2 Å². The van der Waals surface area contributed by atoms with Gasteiger partial charge in [-0.15, -0.1) is 0 Å². The lowest BCUT2D eigenvalue weighted by Crippen LogP contribution is -2.23. The number of rotatable bonds is 10. The second-order valence-electron chi connectivity index (χ2n) is 10.2. The summed E-state index contributed by atoms with van der Waals surface area (Å²) >= 11 is 6.19. The number of halogens is 2. The van der Waals surface area contributed by atoms with Crippen LogP contribution in [0.25, 0.3) is 22.5 Å². The van der Waals surface area contributed by atoms with Crippen molar-refractivity contribution in [2.75, 3.05) is 11.9 Å². The van der Waals surface area contributed by atoms with Crippen molar-refractivity contribution in [2.24, 2.45) is 0 Å². The molecule has 7 heteroatoms. The van der Waals surface area contributed by atoms with E-state index in [9.17, 15) is 9.18 Å². The van der Waals surface area contributed by atoms with Crippen molar-refractivity contribution in [1.29, 1.82) is 0 Å². The normalized spacial score (nSPS) is 14.6. The van der Waals surface area contributed by atoms with Gasteiger partial charge in [-0.3, -0.25) is 4.79 Å². The summed E-state index contributed by atoms with van der Waals surface area (Å²) < 4.78 is 25.2. The Balaban J connectivity index is 1.27. The van der Waals surface area contributed by atoms with Crippen LogP contribution in [0.2, 0.25) is 5.02 Å². The van der Waals surface area contributed by atoms with Gasteiger partial charge in [-0.2, -0.15) is 0 Å². The number of carbonyl (C=O) groups is 1. The predicted octanol–water partition coefficient (Wildman–Crippen LogP) is 8.14. The first-order valence-electron chi connectivity index (χ1n) is 13.4. The zero-order valence-corrected chi connectivity index (χ0v) is 23.1. The fourth-order valence-electron chi connectivity index (χ4n) is 4.99. The molecule has 1 unspecified atom stereocenters. The Bertz CT molecular complexity index is 1440. The molecule has 5 nitrogen and oxygen atoms in total. The van der Waals surface area contributed by atoms with Gasteiger partial charge in [0.15, 0.2) is 5.76 Å². The van der Waals surface area contributed by atoms with Crippen LogP contribution in [0.5, 0.6) is 0 Å². The highest BCUT2D eigenvalue weighted by molar-refractivity contribution is 6.31. The second-order valence-corrected chi connectivity index (χ2v) is 10.6. The third-order valence-corrected chi connectivity index (χ3v) is 7.83. The monoisotopic (exact) mass is 546 g/mol. The highest BCUT2D eigenvalue weighted by Gasteiger charge is 2.52. The van der Waals surface area contributed by atoms with Crippen molar-refractivity contribution in [3.63, 3.8) is 0 Å². The van der Waals surface area contributed by atoms with Crippen LogP contribution in [0.3, 0.4) is 0 Å². The SMILES string of the molecule is CCOC(=O)C1(c2ccc(-c3ccc(-c4onc(C)c4NC(C)CCc4c(F)cccc4Cl)cc3)cc2)CC1. The van der Waals surface area contributed by atoms with Gasteiger partial charge in [0.05, 0.1) is 12.0 Å². The van der Waals surface area contributed by atoms with Crippen molar-refractivity contribution < 1.29 is 18.4 Å². The van der Waals surface area contributed by atoms with Crippen molar-refractivity contribution in [2.45, 2.75) is 57.9 Å². The van der Waals surface area contributed by atoms with Gasteiger partial charge in [0, 0.05) is 22.2 Å². The standard InChI is InChI=1S/C32H32ClFN2O3/c1-4-38-31(37)32(18-19-32)25-15-13-23(14-16-25)22-9-11-24(12-10-22)30-29(21(3)36-39-30)35-20(2)8-17-26-27(33)6-5-7-28(26)34/h5-7,9-16,20,35H,4,8,17-19H2,1-3H3. The van der Waals surface area contributed by atoms with E-state index in [0.29, 0.717) is 35.8 Å². The predicted molar refractivity (Wildman–Crippen MR) is 152 cm³/mol. The van der Waals surface area contributed by atoms with Crippen LogP contribution in [0, 0.1) is 12.7 Å². The summed E-state index contributed by atoms with van der Waals surface area (Å²) in [5, 5.41) is 8.13. The third-order valence-electron chi connectivity index (χ3n) is 7.48. The van der Waals surface area contributed by atoms with E-state index < -0.39 is 5.41 Å². The van der Waals surface area contributed by atoms with Crippen molar-refractivity contribution in [1.82, 2.24) is 5.16 Å². The lowest BCUT2D eigenvalue weighted by Gasteiger charge is -2.16. The first kappa shape index (κ1) is 26.9. The molecule has 1 heterocycles. The van der Waals surface area contributed by atoms with Crippen LogP contribution in [0.15, 0.2) is 71.3 Å². The van der Waals surface area contributed by atoms with Crippen molar-refractivity contribution >= 4 is 23.3 Å². The number of anilines is 1. The molecule has 1 fully saturated rings. The smallest absolute Gasteiger partial charge is 0.316 e. The van der Waals surface area contributed by atoms with Gasteiger partial charge in [0.2, 0.25) is 0 Å². The van der Waals surface area contributed by atoms with Crippen LogP contribution in [-0.2, 0) is 21.4 Å². The average molecular weight is 547 g/mol. The molecule has 1 N–H and O–H groups in total. The number of esters is 1. The number of aryl methyl sites for hydroxylation is 1. The Hall–Kier alpha value is -3.64. The van der Waals surface area contributed by atoms with E-state index >= 15 is 0 Å². The summed E-state index contributed by atoms with van der Waals surface area (Å²) in [5.74, 6) is 0.256. The van der Waals surface area contributed by atoms with E-state index in [0.717, 1.165) is 46.5 Å². The van der Waals surface area contributed by atoms with E-state index in [1.807, 2.05) is 57.2 Å². The maximum atomic E-state index is 14.2. The number of benzene rings is 3. The number of ether oxygens (including phenoxy) is 1. The topological polar surface area (TPSA) is 64.4 Å². The summed E-state index contributed by atoms with van der Waals surface area (Å²) in [4.78, 5) is 12.4. The molecular weight excluding hydrogens is 515 g/mol. The van der Waals surface area contributed by atoms with E-state index in [1.165, 1.54) is 6.07 Å². The van der Waals surface area contributed by atoms with E-state index in [2.05, 4.69) is 22.6 Å². The van der Waals surface area contributed by atoms with Gasteiger partial charge < -0.3 is 14.6 Å². The number of nitrogens with one attached hydrogen (secondary N) is 1. The maximum absolute atomic E-state index is 14.2. The van der Waals surface area contributed by atoms with Crippen LogP contribution < -0.4 is 5.32 Å². The lowest BCUT2D eigenvalue weighted by molar-refractivity contribution is -0.146. The molecule has 1 aliphatic rings. The minimum Gasteiger partial charge on any atom is -0.465 e. The molecule has 202 valence electrons. The number of hydrogen-bond acceptors (Lipinski definition) is 5. The average Bonchev–Trinajstić information content (AvgIpc) is 3.68. The highest BCUT2D eigenvalue weighted by Crippen LogP contribution is 2.49. The molecule has 1 aliphatic carbocycles. The molecule has 4 aromatic rings. The summed E-state index contributed by atoms with van der Waals surface area (Å²) in [6.45, 7) is 6.18. The quantitative estimate of drug-likeness (QED) is 0.203. The van der Waals surface area contributed by atoms with Gasteiger partial charge in [-0.25, -0.2) is 4.39 Å². The Morgan fingerprint density at radius 2 is 1.72 bits per heavy atom. The first-order chi connectivity index (χ1) is 18.8. The molecule has 3 aromatic carbocycles. The lowest BCUT2D eigenvalue weighted by atomic mass is 9.93. The molecule has 0 bridgehead atoms. The summed E-state index contributed by atoms with van der Waals surface area (Å²) in [7, 11) is 0. The van der Waals surface area contributed by atoms with Gasteiger partial charge in [-0.05, 0) is 75.3 Å². The Labute approximate surface area is 233 Å². The molecular formula is C32H32ClFN2O3. The first-order valence-corrected chi connectivity index (χ1v) is 13.7. The zero-order chi connectivity index (χ0) is 27.6. The Morgan fingerprint density at radius 3 is 2.33 bits per heavy atom. The van der Waals surface area contributed by atoms with E-state index in [4.69, 9.17) is 20.9 Å². The van der Waals surface area contributed by atoms with Crippen molar-refractivity contribution in [3.05, 3.63) is 94.4 Å². The fraction of sp³-hybridized carbons (Fsp3) is 0.312. The molecule has 1 atom stereocenters. The molecule has 1 saturated carbocycles. The van der Waals surface area contributed by atoms with Crippen LogP contribution in [0.1, 0.15) is 49.9 Å². The number of aromatic nitrogens is 1. The molecule has 0 aliphatic heterocycles. The van der Waals surface area contributed by atoms with E-state index in [-0.39, 0.29) is 17.8 Å². The highest BCUT2D eigenvalue weighted by atomic mass is 35.5. The largest absolute Gasteiger partial charge is 0.465 e. The van der Waals surface area contributed by atoms with Gasteiger partial charge in [-0.1, -0.05) is 71.4 Å². The van der Waals surface area contributed by atoms with E-state index in [1.54, 1.807) is 12.1 Å². The third kappa shape index (κ3) is 5.57. The summed E-state index contributed by atoms with van der Waals surface area (Å²) in [5.41, 5.74) is 5.70. The van der Waals surface area contributed by atoms with Crippen LogP contribution in [-0.4, -0.2) is 23.8 Å². The summed E-state index contributed by atoms with van der Waals surface area (Å²) in [6, 6.07) is 21.1. The number of carbonyl (C=O) groups excluding carboxylic acids is 1. The molecule has 0 amide bonds. The fourth-order valence-corrected chi connectivity index (χ4v) is 5.25. The van der Waals surface area contributed by atoms with Crippen LogP contribution in [0.4, 0.5) is 10.1 Å². The molecule has 1 aromatic heterocycles. The zero-order valence-electron chi connectivity index (χ0n) is 22.4. The molecule has 5 rings (SSSR count). The van der Waals surface area contributed by atoms with Gasteiger partial charge in [0.25, 0.3) is 0 Å². The second kappa shape index (κ2) is 11.2. The minimum atomic E-state index is -0.468. The molecule has 0 spiro atoms.